The number of hydrogen-bond acceptors (Lipinski definition) is 3. The van der Waals surface area contributed by atoms with Gasteiger partial charge in [0.1, 0.15) is 5.82 Å². The van der Waals surface area contributed by atoms with Crippen LogP contribution in [0.1, 0.15) is 39.0 Å². The maximum absolute atomic E-state index is 6.02. The predicted octanol–water partition coefficient (Wildman–Crippen LogP) is 3.54. The van der Waals surface area contributed by atoms with Crippen molar-refractivity contribution < 1.29 is 0 Å². The molecule has 1 heterocycles. The van der Waals surface area contributed by atoms with Crippen LogP contribution in [0.25, 0.3) is 0 Å². The minimum atomic E-state index is 0.488. The number of aromatic nitrogens is 1. The maximum Gasteiger partial charge on any atom is 0.149 e. The first-order chi connectivity index (χ1) is 9.70. The molecule has 108 valence electrons. The SMILES string of the molecule is CC(Nc1ncccc1N)C1C2CC3CC(C2)CC1C3. The molecule has 0 aliphatic heterocycles. The van der Waals surface area contributed by atoms with E-state index in [1.165, 1.54) is 32.1 Å². The van der Waals surface area contributed by atoms with Gasteiger partial charge in [-0.3, -0.25) is 0 Å². The van der Waals surface area contributed by atoms with Crippen LogP contribution in [0, 0.1) is 29.6 Å². The fourth-order valence-electron chi connectivity index (χ4n) is 5.63. The van der Waals surface area contributed by atoms with Crippen molar-refractivity contribution in [2.24, 2.45) is 29.6 Å². The van der Waals surface area contributed by atoms with E-state index in [9.17, 15) is 0 Å². The summed E-state index contributed by atoms with van der Waals surface area (Å²) in [5.41, 5.74) is 6.79. The number of nitrogens with zero attached hydrogens (tertiary/aromatic N) is 1. The van der Waals surface area contributed by atoms with Crippen molar-refractivity contribution in [3.05, 3.63) is 18.3 Å². The second-order valence-corrected chi connectivity index (χ2v) is 7.38. The highest BCUT2D eigenvalue weighted by molar-refractivity contribution is 5.60. The molecular formula is C17H25N3. The normalized spacial score (nSPS) is 39.8. The number of pyridine rings is 1. The average molecular weight is 271 g/mol. The van der Waals surface area contributed by atoms with Gasteiger partial charge in [0.2, 0.25) is 0 Å². The van der Waals surface area contributed by atoms with Gasteiger partial charge >= 0.3 is 0 Å². The third-order valence-corrected chi connectivity index (χ3v) is 6.08. The standard InChI is InChI=1S/C17H25N3/c1-10(20-17-15(18)3-2-4-19-17)16-13-6-11-5-12(8-13)9-14(16)7-11/h2-4,10-14,16H,5-9,18H2,1H3,(H,19,20). The van der Waals surface area contributed by atoms with E-state index in [4.69, 9.17) is 5.73 Å². The molecule has 0 radical (unpaired) electrons. The lowest BCUT2D eigenvalue weighted by Gasteiger charge is -2.56. The van der Waals surface area contributed by atoms with Crippen LogP contribution in [0.4, 0.5) is 11.5 Å². The Morgan fingerprint density at radius 3 is 2.40 bits per heavy atom. The number of hydrogen-bond donors (Lipinski definition) is 2. The van der Waals surface area contributed by atoms with Gasteiger partial charge in [0.05, 0.1) is 5.69 Å². The number of rotatable bonds is 3. The van der Waals surface area contributed by atoms with Crippen molar-refractivity contribution in [2.45, 2.75) is 45.1 Å². The number of anilines is 2. The van der Waals surface area contributed by atoms with Crippen molar-refractivity contribution in [3.8, 4) is 0 Å². The fourth-order valence-corrected chi connectivity index (χ4v) is 5.63. The highest BCUT2D eigenvalue weighted by atomic mass is 15.0. The lowest BCUT2D eigenvalue weighted by molar-refractivity contribution is -0.0417. The van der Waals surface area contributed by atoms with Crippen molar-refractivity contribution in [3.63, 3.8) is 0 Å². The largest absolute Gasteiger partial charge is 0.396 e. The van der Waals surface area contributed by atoms with E-state index < -0.39 is 0 Å². The minimum absolute atomic E-state index is 0.488. The van der Waals surface area contributed by atoms with Crippen molar-refractivity contribution in [2.75, 3.05) is 11.1 Å². The molecule has 1 unspecified atom stereocenters. The van der Waals surface area contributed by atoms with Gasteiger partial charge in [-0.15, -0.1) is 0 Å². The molecule has 4 fully saturated rings. The molecule has 1 aromatic rings. The fraction of sp³-hybridized carbons (Fsp3) is 0.706. The molecule has 3 nitrogen and oxygen atoms in total. The molecule has 20 heavy (non-hydrogen) atoms. The first-order valence-corrected chi connectivity index (χ1v) is 8.17. The molecule has 0 aromatic carbocycles. The quantitative estimate of drug-likeness (QED) is 0.884. The van der Waals surface area contributed by atoms with Gasteiger partial charge < -0.3 is 11.1 Å². The van der Waals surface area contributed by atoms with E-state index in [2.05, 4.69) is 17.2 Å². The van der Waals surface area contributed by atoms with Crippen LogP contribution in [-0.2, 0) is 0 Å². The molecule has 3 N–H and O–H groups in total. The highest BCUT2D eigenvalue weighted by Crippen LogP contribution is 2.57. The molecule has 4 aliphatic carbocycles. The summed E-state index contributed by atoms with van der Waals surface area (Å²) in [6.07, 6.45) is 9.24. The van der Waals surface area contributed by atoms with Gasteiger partial charge in [0.15, 0.2) is 0 Å². The second-order valence-electron chi connectivity index (χ2n) is 7.38. The Balaban J connectivity index is 1.51. The minimum Gasteiger partial charge on any atom is -0.396 e. The third kappa shape index (κ3) is 1.99. The summed E-state index contributed by atoms with van der Waals surface area (Å²) in [5.74, 6) is 5.66. The zero-order chi connectivity index (χ0) is 13.7. The summed E-state index contributed by atoms with van der Waals surface area (Å²) in [7, 11) is 0. The van der Waals surface area contributed by atoms with E-state index in [-0.39, 0.29) is 0 Å². The van der Waals surface area contributed by atoms with Crippen molar-refractivity contribution >= 4 is 11.5 Å². The molecule has 4 bridgehead atoms. The van der Waals surface area contributed by atoms with Crippen LogP contribution in [0.15, 0.2) is 18.3 Å². The molecule has 1 atom stereocenters. The number of nitrogens with two attached hydrogens (primary N) is 1. The number of nitrogen functional groups attached to an aromatic ring is 1. The van der Waals surface area contributed by atoms with Crippen LogP contribution < -0.4 is 11.1 Å². The highest BCUT2D eigenvalue weighted by Gasteiger charge is 2.49. The van der Waals surface area contributed by atoms with Crippen molar-refractivity contribution in [1.29, 1.82) is 0 Å². The summed E-state index contributed by atoms with van der Waals surface area (Å²) in [6.45, 7) is 2.33. The molecule has 3 heteroatoms. The smallest absolute Gasteiger partial charge is 0.149 e. The Hall–Kier alpha value is -1.25. The second kappa shape index (κ2) is 4.64. The summed E-state index contributed by atoms with van der Waals surface area (Å²) in [6, 6.07) is 4.31. The van der Waals surface area contributed by atoms with Gasteiger partial charge in [-0.05, 0) is 80.8 Å². The van der Waals surface area contributed by atoms with Gasteiger partial charge in [0, 0.05) is 12.2 Å². The molecule has 0 spiro atoms. The summed E-state index contributed by atoms with van der Waals surface area (Å²) in [5, 5.41) is 3.60. The van der Waals surface area contributed by atoms with Crippen LogP contribution in [0.3, 0.4) is 0 Å². The number of nitrogens with one attached hydrogen (secondary N) is 1. The zero-order valence-electron chi connectivity index (χ0n) is 12.3. The van der Waals surface area contributed by atoms with E-state index in [0.717, 1.165) is 41.1 Å². The van der Waals surface area contributed by atoms with E-state index in [1.54, 1.807) is 0 Å². The maximum atomic E-state index is 6.02. The molecule has 1 aromatic heterocycles. The molecule has 4 aliphatic rings. The monoisotopic (exact) mass is 271 g/mol. The summed E-state index contributed by atoms with van der Waals surface area (Å²) in [4.78, 5) is 4.39. The Bertz CT molecular complexity index is 471. The van der Waals surface area contributed by atoms with Crippen LogP contribution in [0.5, 0.6) is 0 Å². The molecule has 0 amide bonds. The van der Waals surface area contributed by atoms with Gasteiger partial charge in [-0.1, -0.05) is 0 Å². The van der Waals surface area contributed by atoms with E-state index in [1.807, 2.05) is 18.3 Å². The van der Waals surface area contributed by atoms with Crippen LogP contribution in [-0.4, -0.2) is 11.0 Å². The first-order valence-electron chi connectivity index (χ1n) is 8.17. The lowest BCUT2D eigenvalue weighted by atomic mass is 9.50. The lowest BCUT2D eigenvalue weighted by Crippen LogP contribution is -2.50. The van der Waals surface area contributed by atoms with Crippen LogP contribution in [0.2, 0.25) is 0 Å². The van der Waals surface area contributed by atoms with E-state index >= 15 is 0 Å². The summed E-state index contributed by atoms with van der Waals surface area (Å²) < 4.78 is 0. The zero-order valence-corrected chi connectivity index (χ0v) is 12.3. The molecular weight excluding hydrogens is 246 g/mol. The van der Waals surface area contributed by atoms with Crippen LogP contribution >= 0.6 is 0 Å². The Labute approximate surface area is 121 Å². The van der Waals surface area contributed by atoms with Gasteiger partial charge in [0.25, 0.3) is 0 Å². The molecule has 4 saturated carbocycles. The Morgan fingerprint density at radius 2 is 1.80 bits per heavy atom. The van der Waals surface area contributed by atoms with E-state index in [0.29, 0.717) is 6.04 Å². The third-order valence-electron chi connectivity index (χ3n) is 6.08. The Morgan fingerprint density at radius 1 is 1.15 bits per heavy atom. The predicted molar refractivity (Wildman–Crippen MR) is 82.3 cm³/mol. The average Bonchev–Trinajstić information content (AvgIpc) is 2.40. The molecule has 0 saturated heterocycles. The summed E-state index contributed by atoms with van der Waals surface area (Å²) >= 11 is 0. The van der Waals surface area contributed by atoms with Crippen molar-refractivity contribution in [1.82, 2.24) is 4.98 Å². The van der Waals surface area contributed by atoms with Gasteiger partial charge in [-0.25, -0.2) is 4.98 Å². The first kappa shape index (κ1) is 12.5. The Kier molecular flexibility index (Phi) is 2.90. The van der Waals surface area contributed by atoms with Gasteiger partial charge in [-0.2, -0.15) is 0 Å². The topological polar surface area (TPSA) is 50.9 Å². The molecule has 5 rings (SSSR count).